The summed E-state index contributed by atoms with van der Waals surface area (Å²) in [5, 5.41) is 3.29. The number of hydrogen-bond acceptors (Lipinski definition) is 2. The number of nitrogens with zero attached hydrogens (tertiary/aromatic N) is 2. The van der Waals surface area contributed by atoms with E-state index in [-0.39, 0.29) is 5.69 Å². The Hall–Kier alpha value is -3.61. The standard InChI is InChI=1S/C22H16F3N3O/c1-2-28-12-18(22(29)27-16-9-15(23)10-26-11-16)17-7-13(4-6-21(17)28)14-3-5-19(24)20(25)8-14/h3-12H,2H2,1H3,(H,27,29). The summed E-state index contributed by atoms with van der Waals surface area (Å²) in [6, 6.07) is 10.2. The van der Waals surface area contributed by atoms with Crippen LogP contribution in [0.4, 0.5) is 18.9 Å². The van der Waals surface area contributed by atoms with Crippen molar-refractivity contribution in [2.45, 2.75) is 13.5 Å². The van der Waals surface area contributed by atoms with Crippen LogP contribution in [0.25, 0.3) is 22.0 Å². The predicted octanol–water partition coefficient (Wildman–Crippen LogP) is 5.39. The monoisotopic (exact) mass is 395 g/mol. The molecule has 0 aliphatic carbocycles. The first-order chi connectivity index (χ1) is 14.0. The third kappa shape index (κ3) is 3.59. The normalized spacial score (nSPS) is 11.0. The molecule has 1 N–H and O–H groups in total. The summed E-state index contributed by atoms with van der Waals surface area (Å²) in [5.41, 5.74) is 2.59. The molecule has 0 atom stereocenters. The molecule has 0 bridgehead atoms. The lowest BCUT2D eigenvalue weighted by atomic mass is 10.0. The third-order valence-corrected chi connectivity index (χ3v) is 4.68. The van der Waals surface area contributed by atoms with E-state index in [0.29, 0.717) is 28.6 Å². The number of hydrogen-bond donors (Lipinski definition) is 1. The minimum atomic E-state index is -0.940. The number of rotatable bonds is 4. The van der Waals surface area contributed by atoms with Gasteiger partial charge in [0.25, 0.3) is 5.91 Å². The van der Waals surface area contributed by atoms with Crippen LogP contribution < -0.4 is 5.32 Å². The number of aryl methyl sites for hydroxylation is 1. The van der Waals surface area contributed by atoms with Crippen LogP contribution in [-0.4, -0.2) is 15.5 Å². The topological polar surface area (TPSA) is 46.9 Å². The van der Waals surface area contributed by atoms with E-state index in [9.17, 15) is 18.0 Å². The lowest BCUT2D eigenvalue weighted by Crippen LogP contribution is -2.12. The van der Waals surface area contributed by atoms with Gasteiger partial charge in [-0.15, -0.1) is 0 Å². The van der Waals surface area contributed by atoms with Crippen molar-refractivity contribution in [1.82, 2.24) is 9.55 Å². The highest BCUT2D eigenvalue weighted by Crippen LogP contribution is 2.29. The summed E-state index contributed by atoms with van der Waals surface area (Å²) in [4.78, 5) is 16.6. The second-order valence-electron chi connectivity index (χ2n) is 6.54. The first kappa shape index (κ1) is 18.7. The fourth-order valence-electron chi connectivity index (χ4n) is 3.27. The van der Waals surface area contributed by atoms with E-state index in [1.165, 1.54) is 18.3 Å². The lowest BCUT2D eigenvalue weighted by Gasteiger charge is -2.06. The van der Waals surface area contributed by atoms with Gasteiger partial charge in [0.15, 0.2) is 11.6 Å². The molecule has 0 aliphatic heterocycles. The molecule has 0 spiro atoms. The number of carbonyl (C=O) groups excluding carboxylic acids is 1. The second kappa shape index (κ2) is 7.43. The van der Waals surface area contributed by atoms with Gasteiger partial charge in [-0.05, 0) is 42.3 Å². The molecule has 4 rings (SSSR count). The number of carbonyl (C=O) groups is 1. The minimum Gasteiger partial charge on any atom is -0.347 e. The molecular weight excluding hydrogens is 379 g/mol. The Kier molecular flexibility index (Phi) is 4.80. The molecule has 0 radical (unpaired) electrons. The van der Waals surface area contributed by atoms with E-state index in [4.69, 9.17) is 0 Å². The smallest absolute Gasteiger partial charge is 0.257 e. The molecule has 4 aromatic rings. The van der Waals surface area contributed by atoms with Gasteiger partial charge >= 0.3 is 0 Å². The Balaban J connectivity index is 1.78. The molecule has 0 fully saturated rings. The number of anilines is 1. The van der Waals surface area contributed by atoms with Crippen molar-refractivity contribution in [3.8, 4) is 11.1 Å². The molecule has 0 unspecified atom stereocenters. The quantitative estimate of drug-likeness (QED) is 0.503. The molecule has 0 saturated carbocycles. The van der Waals surface area contributed by atoms with E-state index >= 15 is 0 Å². The molecule has 0 saturated heterocycles. The molecule has 29 heavy (non-hydrogen) atoms. The van der Waals surface area contributed by atoms with E-state index in [1.807, 2.05) is 17.6 Å². The average molecular weight is 395 g/mol. The zero-order valence-electron chi connectivity index (χ0n) is 15.4. The predicted molar refractivity (Wildman–Crippen MR) is 105 cm³/mol. The van der Waals surface area contributed by atoms with Crippen molar-refractivity contribution < 1.29 is 18.0 Å². The first-order valence-electron chi connectivity index (χ1n) is 8.96. The zero-order valence-corrected chi connectivity index (χ0v) is 15.4. The average Bonchev–Trinajstić information content (AvgIpc) is 3.08. The van der Waals surface area contributed by atoms with Gasteiger partial charge < -0.3 is 9.88 Å². The maximum Gasteiger partial charge on any atom is 0.257 e. The van der Waals surface area contributed by atoms with Crippen LogP contribution >= 0.6 is 0 Å². The summed E-state index contributed by atoms with van der Waals surface area (Å²) in [7, 11) is 0. The van der Waals surface area contributed by atoms with Crippen LogP contribution in [0, 0.1) is 17.5 Å². The third-order valence-electron chi connectivity index (χ3n) is 4.68. The highest BCUT2D eigenvalue weighted by molar-refractivity contribution is 6.13. The fraction of sp³-hybridized carbons (Fsp3) is 0.0909. The Morgan fingerprint density at radius 1 is 1.00 bits per heavy atom. The fourth-order valence-corrected chi connectivity index (χ4v) is 3.27. The molecule has 1 amide bonds. The van der Waals surface area contributed by atoms with E-state index in [2.05, 4.69) is 10.3 Å². The molecule has 4 nitrogen and oxygen atoms in total. The van der Waals surface area contributed by atoms with Gasteiger partial charge in [-0.1, -0.05) is 12.1 Å². The number of nitrogens with one attached hydrogen (secondary N) is 1. The minimum absolute atomic E-state index is 0.240. The number of aromatic nitrogens is 2. The van der Waals surface area contributed by atoms with Gasteiger partial charge in [-0.25, -0.2) is 13.2 Å². The summed E-state index contributed by atoms with van der Waals surface area (Å²) < 4.78 is 42.2. The number of fused-ring (bicyclic) bond motifs is 1. The molecule has 0 aliphatic rings. The Bertz CT molecular complexity index is 1230. The maximum atomic E-state index is 13.6. The Morgan fingerprint density at radius 3 is 2.48 bits per heavy atom. The number of benzene rings is 2. The maximum absolute atomic E-state index is 13.6. The highest BCUT2D eigenvalue weighted by Gasteiger charge is 2.16. The summed E-state index contributed by atoms with van der Waals surface area (Å²) in [5.74, 6) is -2.84. The van der Waals surface area contributed by atoms with E-state index < -0.39 is 23.4 Å². The van der Waals surface area contributed by atoms with Crippen molar-refractivity contribution in [2.75, 3.05) is 5.32 Å². The number of amides is 1. The Morgan fingerprint density at radius 2 is 1.76 bits per heavy atom. The van der Waals surface area contributed by atoms with Crippen LogP contribution in [0.5, 0.6) is 0 Å². The van der Waals surface area contributed by atoms with E-state index in [0.717, 1.165) is 23.8 Å². The van der Waals surface area contributed by atoms with Gasteiger partial charge in [-0.3, -0.25) is 9.78 Å². The van der Waals surface area contributed by atoms with Crippen LogP contribution in [0.1, 0.15) is 17.3 Å². The number of halogens is 3. The summed E-state index contributed by atoms with van der Waals surface area (Å²) >= 11 is 0. The van der Waals surface area contributed by atoms with Crippen molar-refractivity contribution in [1.29, 1.82) is 0 Å². The SMILES string of the molecule is CCn1cc(C(=O)Nc2cncc(F)c2)c2cc(-c3ccc(F)c(F)c3)ccc21. The van der Waals surface area contributed by atoms with Gasteiger partial charge in [-0.2, -0.15) is 0 Å². The molecular formula is C22H16F3N3O. The van der Waals surface area contributed by atoms with E-state index in [1.54, 1.807) is 18.3 Å². The van der Waals surface area contributed by atoms with Crippen molar-refractivity contribution >= 4 is 22.5 Å². The van der Waals surface area contributed by atoms with Gasteiger partial charge in [0.2, 0.25) is 0 Å². The molecule has 7 heteroatoms. The summed E-state index contributed by atoms with van der Waals surface area (Å²) in [6.07, 6.45) is 4.11. The van der Waals surface area contributed by atoms with Crippen LogP contribution in [-0.2, 0) is 6.54 Å². The van der Waals surface area contributed by atoms with Crippen LogP contribution in [0.2, 0.25) is 0 Å². The Labute approximate surface area is 164 Å². The largest absolute Gasteiger partial charge is 0.347 e. The lowest BCUT2D eigenvalue weighted by molar-refractivity contribution is 0.102. The van der Waals surface area contributed by atoms with Crippen molar-refractivity contribution in [3.05, 3.63) is 84.1 Å². The van der Waals surface area contributed by atoms with Gasteiger partial charge in [0, 0.05) is 29.7 Å². The zero-order chi connectivity index (χ0) is 20.5. The van der Waals surface area contributed by atoms with Crippen LogP contribution in [0.15, 0.2) is 61.1 Å². The second-order valence-corrected chi connectivity index (χ2v) is 6.54. The first-order valence-corrected chi connectivity index (χ1v) is 8.96. The molecule has 2 aromatic heterocycles. The number of pyridine rings is 1. The highest BCUT2D eigenvalue weighted by atomic mass is 19.2. The molecule has 146 valence electrons. The van der Waals surface area contributed by atoms with Crippen molar-refractivity contribution in [3.63, 3.8) is 0 Å². The molecule has 2 aromatic carbocycles. The van der Waals surface area contributed by atoms with Crippen molar-refractivity contribution in [2.24, 2.45) is 0 Å². The van der Waals surface area contributed by atoms with Gasteiger partial charge in [0.1, 0.15) is 5.82 Å². The summed E-state index contributed by atoms with van der Waals surface area (Å²) in [6.45, 7) is 2.58. The van der Waals surface area contributed by atoms with Crippen LogP contribution in [0.3, 0.4) is 0 Å². The van der Waals surface area contributed by atoms with Gasteiger partial charge in [0.05, 0.1) is 23.6 Å². The molecule has 2 heterocycles.